The molecule has 0 unspecified atom stereocenters. The normalized spacial score (nSPS) is 11.0. The molecule has 0 aliphatic carbocycles. The Morgan fingerprint density at radius 3 is 2.00 bits per heavy atom. The molecule has 0 radical (unpaired) electrons. The van der Waals surface area contributed by atoms with E-state index >= 15 is 0 Å². The lowest BCUT2D eigenvalue weighted by Crippen LogP contribution is -2.33. The molecule has 0 heterocycles. The van der Waals surface area contributed by atoms with Gasteiger partial charge in [-0.05, 0) is 46.5 Å². The smallest absolute Gasteiger partial charge is 0.407 e. The van der Waals surface area contributed by atoms with Crippen LogP contribution in [0.1, 0.15) is 65.7 Å². The number of alkyl carbamates (subject to hydrolysis) is 1. The van der Waals surface area contributed by atoms with Crippen LogP contribution in [-0.2, 0) is 14.3 Å². The number of rotatable bonds is 10. The Bertz CT molecular complexity index is 346. The Hall–Kier alpha value is -1.59. The molecule has 0 saturated carbocycles. The first-order valence-corrected chi connectivity index (χ1v) is 7.41. The SMILES string of the molecule is CC(C)(C)OC(=O)NCCCCC(=O)CCCCC(=O)O. The number of carbonyl (C=O) groups is 3. The Morgan fingerprint density at radius 1 is 0.952 bits per heavy atom. The summed E-state index contributed by atoms with van der Waals surface area (Å²) in [5, 5.41) is 11.1. The third-order valence-electron chi connectivity index (χ3n) is 2.65. The number of amides is 1. The number of carbonyl (C=O) groups excluding carboxylic acids is 2. The zero-order valence-electron chi connectivity index (χ0n) is 13.2. The Balaban J connectivity index is 3.48. The van der Waals surface area contributed by atoms with Gasteiger partial charge in [-0.25, -0.2) is 4.79 Å². The molecule has 0 aromatic rings. The second-order valence-corrected chi connectivity index (χ2v) is 6.03. The summed E-state index contributed by atoms with van der Waals surface area (Å²) in [5.74, 6) is -0.673. The molecule has 6 heteroatoms. The van der Waals surface area contributed by atoms with Gasteiger partial charge in [0.2, 0.25) is 0 Å². The van der Waals surface area contributed by atoms with Crippen LogP contribution < -0.4 is 5.32 Å². The maximum absolute atomic E-state index is 11.5. The molecule has 21 heavy (non-hydrogen) atoms. The van der Waals surface area contributed by atoms with Gasteiger partial charge in [-0.3, -0.25) is 9.59 Å². The molecule has 2 N–H and O–H groups in total. The molecule has 0 aromatic heterocycles. The third-order valence-corrected chi connectivity index (χ3v) is 2.65. The topological polar surface area (TPSA) is 92.7 Å². The Morgan fingerprint density at radius 2 is 1.48 bits per heavy atom. The van der Waals surface area contributed by atoms with Gasteiger partial charge in [-0.2, -0.15) is 0 Å². The van der Waals surface area contributed by atoms with Gasteiger partial charge < -0.3 is 15.2 Å². The fourth-order valence-corrected chi connectivity index (χ4v) is 1.68. The molecule has 1 amide bonds. The number of nitrogens with one attached hydrogen (secondary N) is 1. The number of hydrogen-bond donors (Lipinski definition) is 2. The van der Waals surface area contributed by atoms with Gasteiger partial charge in [0.1, 0.15) is 11.4 Å². The van der Waals surface area contributed by atoms with Crippen LogP contribution in [0.5, 0.6) is 0 Å². The molecule has 0 aliphatic heterocycles. The summed E-state index contributed by atoms with van der Waals surface area (Å²) in [6.45, 7) is 5.89. The van der Waals surface area contributed by atoms with Crippen molar-refractivity contribution in [2.24, 2.45) is 0 Å². The second-order valence-electron chi connectivity index (χ2n) is 6.03. The van der Waals surface area contributed by atoms with Gasteiger partial charge >= 0.3 is 12.1 Å². The molecule has 0 saturated heterocycles. The Kier molecular flexibility index (Phi) is 9.41. The molecule has 122 valence electrons. The highest BCUT2D eigenvalue weighted by Crippen LogP contribution is 2.07. The van der Waals surface area contributed by atoms with Crippen LogP contribution in [0.15, 0.2) is 0 Å². The van der Waals surface area contributed by atoms with Crippen molar-refractivity contribution in [3.63, 3.8) is 0 Å². The number of unbranched alkanes of at least 4 members (excludes halogenated alkanes) is 2. The fraction of sp³-hybridized carbons (Fsp3) is 0.800. The monoisotopic (exact) mass is 301 g/mol. The van der Waals surface area contributed by atoms with E-state index in [9.17, 15) is 14.4 Å². The van der Waals surface area contributed by atoms with Gasteiger partial charge in [0.25, 0.3) is 0 Å². The number of hydrogen-bond acceptors (Lipinski definition) is 4. The second kappa shape index (κ2) is 10.2. The lowest BCUT2D eigenvalue weighted by Gasteiger charge is -2.19. The number of Topliss-reactive ketones (excluding diaryl/α,β-unsaturated/α-hetero) is 1. The molecule has 0 aromatic carbocycles. The third kappa shape index (κ3) is 14.6. The first-order valence-electron chi connectivity index (χ1n) is 7.41. The number of carboxylic acid groups (broad SMARTS) is 1. The van der Waals surface area contributed by atoms with E-state index in [1.807, 2.05) is 0 Å². The first-order chi connectivity index (χ1) is 9.70. The summed E-state index contributed by atoms with van der Waals surface area (Å²) in [4.78, 5) is 33.1. The molecule has 0 bridgehead atoms. The van der Waals surface area contributed by atoms with Crippen molar-refractivity contribution >= 4 is 17.8 Å². The highest BCUT2D eigenvalue weighted by molar-refractivity contribution is 5.78. The van der Waals surface area contributed by atoms with Crippen molar-refractivity contribution in [1.29, 1.82) is 0 Å². The summed E-state index contributed by atoms with van der Waals surface area (Å²) < 4.78 is 5.09. The molecule has 0 rings (SSSR count). The number of ketones is 1. The van der Waals surface area contributed by atoms with Crippen LogP contribution in [0.25, 0.3) is 0 Å². The average molecular weight is 301 g/mol. The maximum atomic E-state index is 11.5. The highest BCUT2D eigenvalue weighted by Gasteiger charge is 2.15. The minimum Gasteiger partial charge on any atom is -0.481 e. The molecular weight excluding hydrogens is 274 g/mol. The van der Waals surface area contributed by atoms with Crippen LogP contribution in [0.3, 0.4) is 0 Å². The number of carboxylic acids is 1. The van der Waals surface area contributed by atoms with E-state index in [0.29, 0.717) is 38.6 Å². The van der Waals surface area contributed by atoms with Gasteiger partial charge in [0, 0.05) is 25.8 Å². The largest absolute Gasteiger partial charge is 0.481 e. The average Bonchev–Trinajstić information content (AvgIpc) is 2.31. The molecule has 0 aliphatic rings. The molecule has 0 fully saturated rings. The zero-order valence-corrected chi connectivity index (χ0v) is 13.2. The molecular formula is C15H27NO5. The lowest BCUT2D eigenvalue weighted by atomic mass is 10.1. The minimum atomic E-state index is -0.823. The van der Waals surface area contributed by atoms with Crippen molar-refractivity contribution < 1.29 is 24.2 Å². The Labute approximate surface area is 126 Å². The lowest BCUT2D eigenvalue weighted by molar-refractivity contribution is -0.137. The molecule has 0 atom stereocenters. The molecule has 6 nitrogen and oxygen atoms in total. The van der Waals surface area contributed by atoms with E-state index in [4.69, 9.17) is 9.84 Å². The molecule has 0 spiro atoms. The summed E-state index contributed by atoms with van der Waals surface area (Å²) in [6.07, 6.45) is 3.20. The maximum Gasteiger partial charge on any atom is 0.407 e. The van der Waals surface area contributed by atoms with E-state index in [2.05, 4.69) is 5.32 Å². The van der Waals surface area contributed by atoms with Crippen molar-refractivity contribution in [3.05, 3.63) is 0 Å². The van der Waals surface area contributed by atoms with Gasteiger partial charge in [-0.1, -0.05) is 0 Å². The van der Waals surface area contributed by atoms with E-state index in [1.54, 1.807) is 20.8 Å². The first kappa shape index (κ1) is 19.4. The van der Waals surface area contributed by atoms with Gasteiger partial charge in [0.15, 0.2) is 0 Å². The predicted molar refractivity (Wildman–Crippen MR) is 79.2 cm³/mol. The van der Waals surface area contributed by atoms with Gasteiger partial charge in [-0.15, -0.1) is 0 Å². The van der Waals surface area contributed by atoms with E-state index in [-0.39, 0.29) is 12.2 Å². The van der Waals surface area contributed by atoms with Crippen molar-refractivity contribution in [2.45, 2.75) is 71.3 Å². The summed E-state index contributed by atoms with van der Waals surface area (Å²) in [7, 11) is 0. The minimum absolute atomic E-state index is 0.118. The summed E-state index contributed by atoms with van der Waals surface area (Å²) in [6, 6.07) is 0. The summed E-state index contributed by atoms with van der Waals surface area (Å²) >= 11 is 0. The number of aliphatic carboxylic acids is 1. The van der Waals surface area contributed by atoms with E-state index < -0.39 is 17.7 Å². The zero-order chi connectivity index (χ0) is 16.3. The van der Waals surface area contributed by atoms with E-state index in [1.165, 1.54) is 0 Å². The van der Waals surface area contributed by atoms with E-state index in [0.717, 1.165) is 6.42 Å². The van der Waals surface area contributed by atoms with Crippen LogP contribution in [0.4, 0.5) is 4.79 Å². The quantitative estimate of drug-likeness (QED) is 0.605. The fourth-order valence-electron chi connectivity index (χ4n) is 1.68. The van der Waals surface area contributed by atoms with Gasteiger partial charge in [0.05, 0.1) is 0 Å². The standard InChI is InChI=1S/C15H27NO5/c1-15(2,3)21-14(20)16-11-7-6-9-12(17)8-4-5-10-13(18)19/h4-11H2,1-3H3,(H,16,20)(H,18,19). The van der Waals surface area contributed by atoms with Crippen molar-refractivity contribution in [2.75, 3.05) is 6.54 Å². The van der Waals surface area contributed by atoms with Crippen LogP contribution in [0.2, 0.25) is 0 Å². The highest BCUT2D eigenvalue weighted by atomic mass is 16.6. The van der Waals surface area contributed by atoms with Crippen molar-refractivity contribution in [3.8, 4) is 0 Å². The summed E-state index contributed by atoms with van der Waals surface area (Å²) in [5.41, 5.74) is -0.504. The van der Waals surface area contributed by atoms with Crippen LogP contribution in [0, 0.1) is 0 Å². The van der Waals surface area contributed by atoms with Crippen LogP contribution >= 0.6 is 0 Å². The number of ether oxygens (including phenoxy) is 1. The predicted octanol–water partition coefficient (Wildman–Crippen LogP) is 2.90. The van der Waals surface area contributed by atoms with Crippen LogP contribution in [-0.4, -0.2) is 35.1 Å². The van der Waals surface area contributed by atoms with Crippen molar-refractivity contribution in [1.82, 2.24) is 5.32 Å².